The third kappa shape index (κ3) is 2.26. The van der Waals surface area contributed by atoms with Crippen LogP contribution in [0.3, 0.4) is 0 Å². The van der Waals surface area contributed by atoms with Gasteiger partial charge in [-0.25, -0.2) is 4.79 Å². The minimum Gasteiger partial charge on any atom is -0.493 e. The number of carbonyl (C=O) groups is 1. The molecule has 0 saturated carbocycles. The molecule has 0 amide bonds. The Labute approximate surface area is 120 Å². The van der Waals surface area contributed by atoms with Crippen LogP contribution in [0.1, 0.15) is 10.4 Å². The number of aromatic nitrogens is 1. The Kier molecular flexibility index (Phi) is 4.02. The van der Waals surface area contributed by atoms with Gasteiger partial charge in [0.25, 0.3) is 0 Å². The van der Waals surface area contributed by atoms with Crippen molar-refractivity contribution >= 4 is 16.9 Å². The lowest BCUT2D eigenvalue weighted by atomic mass is 10.1. The predicted octanol–water partition coefficient (Wildman–Crippen LogP) is 1.34. The Morgan fingerprint density at radius 2 is 1.71 bits per heavy atom. The number of methoxy groups -OCH3 is 4. The molecule has 0 aliphatic rings. The highest BCUT2D eigenvalue weighted by Crippen LogP contribution is 2.41. The molecular weight excluding hydrogens is 278 g/mol. The summed E-state index contributed by atoms with van der Waals surface area (Å²) in [4.78, 5) is 27.0. The number of hydrogen-bond acceptors (Lipinski definition) is 6. The molecule has 0 spiro atoms. The van der Waals surface area contributed by atoms with Gasteiger partial charge in [-0.2, -0.15) is 0 Å². The molecule has 1 aromatic heterocycles. The third-order valence-electron chi connectivity index (χ3n) is 3.08. The molecule has 2 aromatic rings. The van der Waals surface area contributed by atoms with Crippen LogP contribution in [0, 0.1) is 0 Å². The number of benzene rings is 1. The number of hydrogen-bond donors (Lipinski definition) is 1. The van der Waals surface area contributed by atoms with Crippen molar-refractivity contribution in [1.29, 1.82) is 0 Å². The fourth-order valence-electron chi connectivity index (χ4n) is 2.11. The van der Waals surface area contributed by atoms with Crippen molar-refractivity contribution in [3.63, 3.8) is 0 Å². The second-order valence-corrected chi connectivity index (χ2v) is 4.09. The zero-order valence-corrected chi connectivity index (χ0v) is 12.1. The Balaban J connectivity index is 2.92. The van der Waals surface area contributed by atoms with E-state index in [1.54, 1.807) is 6.07 Å². The number of rotatable bonds is 4. The number of esters is 1. The van der Waals surface area contributed by atoms with Gasteiger partial charge in [0.15, 0.2) is 11.5 Å². The summed E-state index contributed by atoms with van der Waals surface area (Å²) < 4.78 is 20.3. The van der Waals surface area contributed by atoms with Crippen molar-refractivity contribution in [1.82, 2.24) is 4.98 Å². The second kappa shape index (κ2) is 5.74. The highest BCUT2D eigenvalue weighted by atomic mass is 16.5. The van der Waals surface area contributed by atoms with Gasteiger partial charge in [-0.3, -0.25) is 4.79 Å². The van der Waals surface area contributed by atoms with Crippen molar-refractivity contribution in [3.05, 3.63) is 28.0 Å². The molecule has 0 bridgehead atoms. The summed E-state index contributed by atoms with van der Waals surface area (Å²) in [7, 11) is 5.52. The number of aromatic amines is 1. The summed E-state index contributed by atoms with van der Waals surface area (Å²) in [5.74, 6) is 0.150. The molecule has 0 unspecified atom stereocenters. The van der Waals surface area contributed by atoms with Gasteiger partial charge in [0.1, 0.15) is 5.56 Å². The average Bonchev–Trinajstić information content (AvgIpc) is 2.52. The molecule has 112 valence electrons. The summed E-state index contributed by atoms with van der Waals surface area (Å²) in [6, 6.07) is 1.60. The van der Waals surface area contributed by atoms with Gasteiger partial charge in [0.05, 0.1) is 39.3 Å². The van der Waals surface area contributed by atoms with Gasteiger partial charge >= 0.3 is 5.97 Å². The highest BCUT2D eigenvalue weighted by Gasteiger charge is 2.22. The maximum absolute atomic E-state index is 12.5. The summed E-state index contributed by atoms with van der Waals surface area (Å²) in [6.07, 6.45) is 1.29. The summed E-state index contributed by atoms with van der Waals surface area (Å²) in [5.41, 5.74) is -0.161. The molecular formula is C14H15NO6. The molecule has 0 atom stereocenters. The lowest BCUT2D eigenvalue weighted by Crippen LogP contribution is -2.17. The van der Waals surface area contributed by atoms with E-state index in [9.17, 15) is 9.59 Å². The van der Waals surface area contributed by atoms with E-state index in [2.05, 4.69) is 9.72 Å². The van der Waals surface area contributed by atoms with Gasteiger partial charge in [-0.05, 0) is 0 Å². The van der Waals surface area contributed by atoms with Gasteiger partial charge in [0, 0.05) is 12.3 Å². The molecule has 1 heterocycles. The Morgan fingerprint density at radius 3 is 2.24 bits per heavy atom. The van der Waals surface area contributed by atoms with Crippen LogP contribution in [0.15, 0.2) is 17.1 Å². The molecule has 1 N–H and O–H groups in total. The maximum atomic E-state index is 12.5. The van der Waals surface area contributed by atoms with Crippen LogP contribution >= 0.6 is 0 Å². The lowest BCUT2D eigenvalue weighted by Gasteiger charge is -2.14. The molecule has 2 rings (SSSR count). The van der Waals surface area contributed by atoms with E-state index in [0.717, 1.165) is 0 Å². The fourth-order valence-corrected chi connectivity index (χ4v) is 2.11. The van der Waals surface area contributed by atoms with Crippen molar-refractivity contribution in [3.8, 4) is 17.2 Å². The standard InChI is InChI=1S/C14H15NO6/c1-18-9-5-8-10(13(20-3)12(9)19-2)11(16)7(6-15-8)14(17)21-4/h5-6H,1-4H3,(H,15,16). The average molecular weight is 293 g/mol. The Bertz CT molecular complexity index is 749. The van der Waals surface area contributed by atoms with E-state index in [-0.39, 0.29) is 22.4 Å². The zero-order chi connectivity index (χ0) is 15.6. The predicted molar refractivity (Wildman–Crippen MR) is 75.6 cm³/mol. The number of fused-ring (bicyclic) bond motifs is 1. The lowest BCUT2D eigenvalue weighted by molar-refractivity contribution is 0.0599. The number of H-pyrrole nitrogens is 1. The first-order valence-electron chi connectivity index (χ1n) is 6.01. The van der Waals surface area contributed by atoms with Crippen LogP contribution in [-0.4, -0.2) is 39.4 Å². The summed E-state index contributed by atoms with van der Waals surface area (Å²) in [5, 5.41) is 0.193. The normalized spacial score (nSPS) is 10.3. The molecule has 7 heteroatoms. The number of pyridine rings is 1. The van der Waals surface area contributed by atoms with E-state index >= 15 is 0 Å². The monoisotopic (exact) mass is 293 g/mol. The largest absolute Gasteiger partial charge is 0.493 e. The second-order valence-electron chi connectivity index (χ2n) is 4.09. The molecule has 21 heavy (non-hydrogen) atoms. The number of nitrogens with one attached hydrogen (secondary N) is 1. The van der Waals surface area contributed by atoms with Crippen molar-refractivity contribution < 1.29 is 23.7 Å². The zero-order valence-electron chi connectivity index (χ0n) is 12.1. The molecule has 0 saturated heterocycles. The van der Waals surface area contributed by atoms with Crippen LogP contribution < -0.4 is 19.6 Å². The number of ether oxygens (including phenoxy) is 4. The third-order valence-corrected chi connectivity index (χ3v) is 3.08. The quantitative estimate of drug-likeness (QED) is 0.856. The van der Waals surface area contributed by atoms with E-state index in [1.807, 2.05) is 0 Å². The van der Waals surface area contributed by atoms with Crippen LogP contribution in [0.2, 0.25) is 0 Å². The van der Waals surface area contributed by atoms with Crippen LogP contribution in [-0.2, 0) is 4.74 Å². The van der Waals surface area contributed by atoms with Crippen LogP contribution in [0.25, 0.3) is 10.9 Å². The van der Waals surface area contributed by atoms with Crippen LogP contribution in [0.4, 0.5) is 0 Å². The van der Waals surface area contributed by atoms with Gasteiger partial charge < -0.3 is 23.9 Å². The Morgan fingerprint density at radius 1 is 1.05 bits per heavy atom. The smallest absolute Gasteiger partial charge is 0.343 e. The van der Waals surface area contributed by atoms with Crippen molar-refractivity contribution in [2.75, 3.05) is 28.4 Å². The summed E-state index contributed by atoms with van der Waals surface area (Å²) in [6.45, 7) is 0. The van der Waals surface area contributed by atoms with Crippen molar-refractivity contribution in [2.45, 2.75) is 0 Å². The van der Waals surface area contributed by atoms with E-state index in [1.165, 1.54) is 34.6 Å². The highest BCUT2D eigenvalue weighted by molar-refractivity contribution is 5.97. The number of carbonyl (C=O) groups excluding carboxylic acids is 1. The van der Waals surface area contributed by atoms with Gasteiger partial charge in [-0.1, -0.05) is 0 Å². The minimum absolute atomic E-state index is 0.115. The first-order chi connectivity index (χ1) is 10.1. The van der Waals surface area contributed by atoms with E-state index in [4.69, 9.17) is 14.2 Å². The van der Waals surface area contributed by atoms with Gasteiger partial charge in [0.2, 0.25) is 11.2 Å². The molecule has 7 nitrogen and oxygen atoms in total. The summed E-state index contributed by atoms with van der Waals surface area (Å²) >= 11 is 0. The first-order valence-corrected chi connectivity index (χ1v) is 6.01. The first kappa shape index (κ1) is 14.7. The molecule has 0 fully saturated rings. The molecule has 0 aliphatic heterocycles. The van der Waals surface area contributed by atoms with Crippen molar-refractivity contribution in [2.24, 2.45) is 0 Å². The fraction of sp³-hybridized carbons (Fsp3) is 0.286. The topological polar surface area (TPSA) is 86.9 Å². The molecule has 0 radical (unpaired) electrons. The van der Waals surface area contributed by atoms with E-state index < -0.39 is 11.4 Å². The Hall–Kier alpha value is -2.70. The SMILES string of the molecule is COC(=O)c1c[nH]c2cc(OC)c(OC)c(OC)c2c1=O. The maximum Gasteiger partial charge on any atom is 0.343 e. The van der Waals surface area contributed by atoms with Gasteiger partial charge in [-0.15, -0.1) is 0 Å². The minimum atomic E-state index is -0.727. The van der Waals surface area contributed by atoms with E-state index in [0.29, 0.717) is 11.3 Å². The molecule has 0 aliphatic carbocycles. The molecule has 1 aromatic carbocycles. The van der Waals surface area contributed by atoms with Crippen LogP contribution in [0.5, 0.6) is 17.2 Å².